The second kappa shape index (κ2) is 6.08. The van der Waals surface area contributed by atoms with Gasteiger partial charge < -0.3 is 18.7 Å². The fourth-order valence-corrected chi connectivity index (χ4v) is 2.36. The van der Waals surface area contributed by atoms with Gasteiger partial charge in [-0.25, -0.2) is 4.79 Å². The molecule has 2 aromatic carbocycles. The van der Waals surface area contributed by atoms with Gasteiger partial charge in [-0.15, -0.1) is 0 Å². The third kappa shape index (κ3) is 2.81. The van der Waals surface area contributed by atoms with E-state index in [1.807, 2.05) is 30.3 Å². The number of aromatic nitrogens is 1. The van der Waals surface area contributed by atoms with Crippen LogP contribution in [0.4, 0.5) is 0 Å². The molecule has 0 N–H and O–H groups in total. The molecule has 0 unspecified atom stereocenters. The molecule has 0 amide bonds. The number of carbonyl (C=O) groups is 1. The van der Waals surface area contributed by atoms with E-state index in [-0.39, 0.29) is 13.4 Å². The van der Waals surface area contributed by atoms with Crippen molar-refractivity contribution in [3.05, 3.63) is 65.9 Å². The van der Waals surface area contributed by atoms with Crippen molar-refractivity contribution in [1.29, 1.82) is 0 Å². The SMILES string of the molecule is O=C(OCc1cc(-c2ccccc2)on1)c1ccc2c(c1)OCO2. The molecule has 4 rings (SSSR count). The summed E-state index contributed by atoms with van der Waals surface area (Å²) in [5.41, 5.74) is 1.85. The molecule has 1 aliphatic rings. The lowest BCUT2D eigenvalue weighted by Crippen LogP contribution is -2.05. The predicted octanol–water partition coefficient (Wildman–Crippen LogP) is 3.43. The second-order valence-corrected chi connectivity index (χ2v) is 5.19. The van der Waals surface area contributed by atoms with Gasteiger partial charge in [-0.05, 0) is 18.2 Å². The zero-order valence-electron chi connectivity index (χ0n) is 12.6. The molecule has 0 bridgehead atoms. The predicted molar refractivity (Wildman–Crippen MR) is 83.6 cm³/mol. The highest BCUT2D eigenvalue weighted by molar-refractivity contribution is 5.90. The minimum atomic E-state index is -0.461. The van der Waals surface area contributed by atoms with Crippen molar-refractivity contribution in [1.82, 2.24) is 5.16 Å². The highest BCUT2D eigenvalue weighted by Crippen LogP contribution is 2.32. The summed E-state index contributed by atoms with van der Waals surface area (Å²) in [6.45, 7) is 0.193. The van der Waals surface area contributed by atoms with Gasteiger partial charge in [0.15, 0.2) is 17.3 Å². The zero-order valence-corrected chi connectivity index (χ0v) is 12.6. The third-order valence-corrected chi connectivity index (χ3v) is 3.58. The Hall–Kier alpha value is -3.28. The van der Waals surface area contributed by atoms with Crippen LogP contribution in [0.25, 0.3) is 11.3 Å². The Labute approximate surface area is 137 Å². The van der Waals surface area contributed by atoms with Crippen LogP contribution in [0.5, 0.6) is 11.5 Å². The van der Waals surface area contributed by atoms with Crippen molar-refractivity contribution in [3.63, 3.8) is 0 Å². The minimum absolute atomic E-state index is 0.0314. The Bertz CT molecular complexity index is 872. The van der Waals surface area contributed by atoms with Crippen molar-refractivity contribution < 1.29 is 23.5 Å². The molecule has 0 fully saturated rings. The van der Waals surface area contributed by atoms with Crippen molar-refractivity contribution in [2.24, 2.45) is 0 Å². The lowest BCUT2D eigenvalue weighted by Gasteiger charge is -2.03. The normalized spacial score (nSPS) is 12.2. The highest BCUT2D eigenvalue weighted by Gasteiger charge is 2.17. The molecule has 0 saturated carbocycles. The Kier molecular flexibility index (Phi) is 3.63. The van der Waals surface area contributed by atoms with Crippen LogP contribution >= 0.6 is 0 Å². The number of fused-ring (bicyclic) bond motifs is 1. The largest absolute Gasteiger partial charge is 0.455 e. The fraction of sp³-hybridized carbons (Fsp3) is 0.111. The summed E-state index contributed by atoms with van der Waals surface area (Å²) >= 11 is 0. The van der Waals surface area contributed by atoms with Gasteiger partial charge in [-0.2, -0.15) is 0 Å². The summed E-state index contributed by atoms with van der Waals surface area (Å²) in [4.78, 5) is 12.1. The van der Waals surface area contributed by atoms with E-state index in [1.54, 1.807) is 24.3 Å². The van der Waals surface area contributed by atoms with Crippen LogP contribution in [0.2, 0.25) is 0 Å². The molecule has 0 atom stereocenters. The maximum Gasteiger partial charge on any atom is 0.338 e. The number of esters is 1. The van der Waals surface area contributed by atoms with Gasteiger partial charge in [-0.1, -0.05) is 35.5 Å². The maximum atomic E-state index is 12.1. The topological polar surface area (TPSA) is 70.8 Å². The number of benzene rings is 2. The van der Waals surface area contributed by atoms with Gasteiger partial charge in [0.1, 0.15) is 12.3 Å². The molecule has 3 aromatic rings. The van der Waals surface area contributed by atoms with Crippen molar-refractivity contribution >= 4 is 5.97 Å². The van der Waals surface area contributed by atoms with E-state index >= 15 is 0 Å². The maximum absolute atomic E-state index is 12.1. The van der Waals surface area contributed by atoms with Crippen molar-refractivity contribution in [2.45, 2.75) is 6.61 Å². The summed E-state index contributed by atoms with van der Waals surface area (Å²) in [6, 6.07) is 16.3. The molecule has 0 radical (unpaired) electrons. The van der Waals surface area contributed by atoms with E-state index in [9.17, 15) is 4.79 Å². The van der Waals surface area contributed by atoms with Gasteiger partial charge in [0, 0.05) is 11.6 Å². The number of rotatable bonds is 4. The average Bonchev–Trinajstić information content (AvgIpc) is 3.29. The van der Waals surface area contributed by atoms with E-state index < -0.39 is 5.97 Å². The first-order valence-corrected chi connectivity index (χ1v) is 7.37. The summed E-state index contributed by atoms with van der Waals surface area (Å²) in [5.74, 6) is 1.33. The molecule has 120 valence electrons. The number of nitrogens with zero attached hydrogens (tertiary/aromatic N) is 1. The van der Waals surface area contributed by atoms with Crippen LogP contribution in [-0.2, 0) is 11.3 Å². The fourth-order valence-electron chi connectivity index (χ4n) is 2.36. The summed E-state index contributed by atoms with van der Waals surface area (Å²) in [7, 11) is 0. The van der Waals surface area contributed by atoms with Gasteiger partial charge in [0.2, 0.25) is 6.79 Å². The average molecular weight is 323 g/mol. The van der Waals surface area contributed by atoms with Gasteiger partial charge in [0.05, 0.1) is 5.56 Å². The van der Waals surface area contributed by atoms with Gasteiger partial charge in [-0.3, -0.25) is 0 Å². The molecular weight excluding hydrogens is 310 g/mol. The summed E-state index contributed by atoms with van der Waals surface area (Å²) < 4.78 is 21.0. The summed E-state index contributed by atoms with van der Waals surface area (Å²) in [6.07, 6.45) is 0. The Morgan fingerprint density at radius 3 is 2.75 bits per heavy atom. The van der Waals surface area contributed by atoms with Crippen LogP contribution < -0.4 is 9.47 Å². The molecule has 0 aliphatic carbocycles. The van der Waals surface area contributed by atoms with E-state index in [0.717, 1.165) is 5.56 Å². The van der Waals surface area contributed by atoms with Crippen molar-refractivity contribution in [2.75, 3.05) is 6.79 Å². The van der Waals surface area contributed by atoms with Crippen LogP contribution in [0.15, 0.2) is 59.1 Å². The standard InChI is InChI=1S/C18H13NO5/c20-18(13-6-7-15-17(8-13)23-11-22-15)21-10-14-9-16(24-19-14)12-4-2-1-3-5-12/h1-9H,10-11H2. The van der Waals surface area contributed by atoms with Gasteiger partial charge >= 0.3 is 5.97 Å². The zero-order chi connectivity index (χ0) is 16.4. The summed E-state index contributed by atoms with van der Waals surface area (Å²) in [5, 5.41) is 3.92. The van der Waals surface area contributed by atoms with Crippen LogP contribution in [-0.4, -0.2) is 17.9 Å². The highest BCUT2D eigenvalue weighted by atomic mass is 16.7. The lowest BCUT2D eigenvalue weighted by atomic mass is 10.2. The van der Waals surface area contributed by atoms with E-state index in [0.29, 0.717) is 28.5 Å². The molecule has 2 heterocycles. The molecule has 6 heteroatoms. The van der Waals surface area contributed by atoms with E-state index in [1.165, 1.54) is 0 Å². The second-order valence-electron chi connectivity index (χ2n) is 5.19. The quantitative estimate of drug-likeness (QED) is 0.685. The van der Waals surface area contributed by atoms with E-state index in [2.05, 4.69) is 5.16 Å². The molecule has 1 aliphatic heterocycles. The van der Waals surface area contributed by atoms with Crippen molar-refractivity contribution in [3.8, 4) is 22.8 Å². The molecule has 0 spiro atoms. The van der Waals surface area contributed by atoms with Crippen LogP contribution in [0.1, 0.15) is 16.1 Å². The van der Waals surface area contributed by atoms with Crippen LogP contribution in [0.3, 0.4) is 0 Å². The molecule has 0 saturated heterocycles. The number of carbonyl (C=O) groups excluding carboxylic acids is 1. The molecule has 24 heavy (non-hydrogen) atoms. The number of hydrogen-bond donors (Lipinski definition) is 0. The Balaban J connectivity index is 1.42. The first kappa shape index (κ1) is 14.3. The molecule has 1 aromatic heterocycles. The minimum Gasteiger partial charge on any atom is -0.455 e. The van der Waals surface area contributed by atoms with Gasteiger partial charge in [0.25, 0.3) is 0 Å². The number of hydrogen-bond acceptors (Lipinski definition) is 6. The lowest BCUT2D eigenvalue weighted by molar-refractivity contribution is 0.0464. The van der Waals surface area contributed by atoms with Crippen LogP contribution in [0, 0.1) is 0 Å². The molecular formula is C18H13NO5. The first-order valence-electron chi connectivity index (χ1n) is 7.37. The Morgan fingerprint density at radius 1 is 1.04 bits per heavy atom. The number of ether oxygens (including phenoxy) is 3. The smallest absolute Gasteiger partial charge is 0.338 e. The monoisotopic (exact) mass is 323 g/mol. The molecule has 6 nitrogen and oxygen atoms in total. The third-order valence-electron chi connectivity index (χ3n) is 3.58. The first-order chi connectivity index (χ1) is 11.8. The van der Waals surface area contributed by atoms with E-state index in [4.69, 9.17) is 18.7 Å². The Morgan fingerprint density at radius 2 is 1.88 bits per heavy atom.